The molecule has 8 nitrogen and oxygen atoms in total. The van der Waals surface area contributed by atoms with Crippen LogP contribution in [0.15, 0.2) is 4.99 Å². The Morgan fingerprint density at radius 2 is 1.97 bits per heavy atom. The van der Waals surface area contributed by atoms with Gasteiger partial charge in [-0.3, -0.25) is 4.99 Å². The van der Waals surface area contributed by atoms with E-state index in [1.54, 1.807) is 11.9 Å². The van der Waals surface area contributed by atoms with Crippen molar-refractivity contribution in [3.8, 4) is 0 Å². The van der Waals surface area contributed by atoms with E-state index in [1.165, 1.54) is 0 Å². The summed E-state index contributed by atoms with van der Waals surface area (Å²) in [5, 5.41) is 6.50. The molecule has 1 aliphatic heterocycles. The zero-order valence-corrected chi connectivity index (χ0v) is 21.1. The number of hydrogen-bond acceptors (Lipinski definition) is 5. The van der Waals surface area contributed by atoms with Gasteiger partial charge in [0.15, 0.2) is 5.96 Å². The van der Waals surface area contributed by atoms with Crippen LogP contribution in [-0.2, 0) is 14.2 Å². The van der Waals surface area contributed by atoms with Gasteiger partial charge in [0.25, 0.3) is 0 Å². The number of nitrogens with zero attached hydrogens (tertiary/aromatic N) is 2. The number of carbonyl (C=O) groups excluding carboxylic acids is 1. The van der Waals surface area contributed by atoms with Crippen LogP contribution in [0.25, 0.3) is 0 Å². The maximum atomic E-state index is 12.3. The second kappa shape index (κ2) is 16.0. The van der Waals surface area contributed by atoms with Gasteiger partial charge in [-0.2, -0.15) is 0 Å². The highest BCUT2D eigenvalue weighted by atomic mass is 127. The molecule has 0 saturated carbocycles. The molecule has 1 atom stereocenters. The number of rotatable bonds is 11. The molecule has 9 heteroatoms. The van der Waals surface area contributed by atoms with Crippen LogP contribution in [0, 0.1) is 0 Å². The van der Waals surface area contributed by atoms with Crippen LogP contribution in [0.4, 0.5) is 4.79 Å². The fraction of sp³-hybridized carbons (Fsp3) is 0.900. The van der Waals surface area contributed by atoms with E-state index in [4.69, 9.17) is 14.2 Å². The van der Waals surface area contributed by atoms with Crippen molar-refractivity contribution in [3.05, 3.63) is 0 Å². The van der Waals surface area contributed by atoms with Crippen molar-refractivity contribution in [1.29, 1.82) is 0 Å². The normalized spacial score (nSPS) is 16.9. The molecule has 0 aromatic carbocycles. The number of nitrogens with one attached hydrogen (secondary N) is 2. The Kier molecular flexibility index (Phi) is 15.5. The molecule has 0 aliphatic carbocycles. The van der Waals surface area contributed by atoms with Gasteiger partial charge in [0.05, 0.1) is 12.7 Å². The first-order chi connectivity index (χ1) is 13.4. The largest absolute Gasteiger partial charge is 0.444 e. The molecule has 2 N–H and O–H groups in total. The van der Waals surface area contributed by atoms with Crippen molar-refractivity contribution >= 4 is 36.0 Å². The molecular formula is C20H41IN4O4. The Hall–Kier alpha value is -0.810. The summed E-state index contributed by atoms with van der Waals surface area (Å²) in [5.41, 5.74) is -0.486. The van der Waals surface area contributed by atoms with Crippen molar-refractivity contribution in [2.45, 2.75) is 65.1 Å². The first-order valence-electron chi connectivity index (χ1n) is 10.5. The third kappa shape index (κ3) is 13.9. The van der Waals surface area contributed by atoms with Crippen molar-refractivity contribution in [1.82, 2.24) is 15.5 Å². The summed E-state index contributed by atoms with van der Waals surface area (Å²) in [6.45, 7) is 12.5. The topological polar surface area (TPSA) is 84.4 Å². The zero-order chi connectivity index (χ0) is 20.8. The van der Waals surface area contributed by atoms with Gasteiger partial charge in [-0.1, -0.05) is 6.92 Å². The SMILES string of the molecule is CCCN(CCNC(=NC)NCCCOCC1CCCO1)C(=O)OC(C)(C)C.I. The molecule has 0 aromatic heterocycles. The van der Waals surface area contributed by atoms with Gasteiger partial charge in [0.2, 0.25) is 0 Å². The minimum atomic E-state index is -0.486. The lowest BCUT2D eigenvalue weighted by Crippen LogP contribution is -2.44. The maximum Gasteiger partial charge on any atom is 0.410 e. The quantitative estimate of drug-likeness (QED) is 0.186. The monoisotopic (exact) mass is 528 g/mol. The van der Waals surface area contributed by atoms with Crippen LogP contribution >= 0.6 is 24.0 Å². The number of amides is 1. The van der Waals surface area contributed by atoms with Gasteiger partial charge in [-0.25, -0.2) is 4.79 Å². The second-order valence-electron chi connectivity index (χ2n) is 7.96. The van der Waals surface area contributed by atoms with E-state index in [-0.39, 0.29) is 36.2 Å². The number of ether oxygens (including phenoxy) is 3. The van der Waals surface area contributed by atoms with Crippen LogP contribution < -0.4 is 10.6 Å². The van der Waals surface area contributed by atoms with E-state index in [2.05, 4.69) is 15.6 Å². The molecular weight excluding hydrogens is 487 g/mol. The van der Waals surface area contributed by atoms with E-state index >= 15 is 0 Å². The minimum absolute atomic E-state index is 0. The summed E-state index contributed by atoms with van der Waals surface area (Å²) in [4.78, 5) is 18.2. The van der Waals surface area contributed by atoms with Crippen molar-refractivity contribution in [2.24, 2.45) is 4.99 Å². The Morgan fingerprint density at radius 3 is 2.55 bits per heavy atom. The van der Waals surface area contributed by atoms with Gasteiger partial charge < -0.3 is 29.7 Å². The summed E-state index contributed by atoms with van der Waals surface area (Å²) < 4.78 is 16.7. The lowest BCUT2D eigenvalue weighted by atomic mass is 10.2. The smallest absolute Gasteiger partial charge is 0.410 e. The van der Waals surface area contributed by atoms with Gasteiger partial charge >= 0.3 is 6.09 Å². The van der Waals surface area contributed by atoms with Crippen LogP contribution in [0.5, 0.6) is 0 Å². The summed E-state index contributed by atoms with van der Waals surface area (Å²) in [6.07, 6.45) is 4.03. The number of carbonyl (C=O) groups is 1. The lowest BCUT2D eigenvalue weighted by Gasteiger charge is -2.27. The molecule has 1 amide bonds. The first-order valence-corrected chi connectivity index (χ1v) is 10.5. The highest BCUT2D eigenvalue weighted by Crippen LogP contribution is 2.12. The molecule has 1 unspecified atom stereocenters. The molecule has 1 saturated heterocycles. The van der Waals surface area contributed by atoms with Gasteiger partial charge in [0, 0.05) is 46.4 Å². The summed E-state index contributed by atoms with van der Waals surface area (Å²) in [7, 11) is 1.74. The number of aliphatic imine (C=N–C) groups is 1. The van der Waals surface area contributed by atoms with E-state index in [0.717, 1.165) is 44.8 Å². The van der Waals surface area contributed by atoms with Gasteiger partial charge in [0.1, 0.15) is 5.60 Å². The molecule has 29 heavy (non-hydrogen) atoms. The maximum absolute atomic E-state index is 12.3. The van der Waals surface area contributed by atoms with E-state index in [9.17, 15) is 4.79 Å². The molecule has 1 rings (SSSR count). The molecule has 1 fully saturated rings. The summed E-state index contributed by atoms with van der Waals surface area (Å²) in [6, 6.07) is 0. The fourth-order valence-electron chi connectivity index (χ4n) is 2.79. The van der Waals surface area contributed by atoms with Crippen LogP contribution in [0.3, 0.4) is 0 Å². The summed E-state index contributed by atoms with van der Waals surface area (Å²) in [5.74, 6) is 0.722. The highest BCUT2D eigenvalue weighted by Gasteiger charge is 2.21. The standard InChI is InChI=1S/C20H40N4O4.HI/c1-6-12-24(19(25)28-20(2,3)4)13-11-23-18(21-5)22-10-8-14-26-16-17-9-7-15-27-17;/h17H,6-16H2,1-5H3,(H2,21,22,23);1H. The summed E-state index contributed by atoms with van der Waals surface area (Å²) >= 11 is 0. The van der Waals surface area contributed by atoms with Crippen molar-refractivity contribution < 1.29 is 19.0 Å². The Morgan fingerprint density at radius 1 is 1.24 bits per heavy atom. The predicted octanol–water partition coefficient (Wildman–Crippen LogP) is 3.00. The number of halogens is 1. The number of hydrogen-bond donors (Lipinski definition) is 2. The molecule has 1 heterocycles. The van der Waals surface area contributed by atoms with Crippen LogP contribution in [0.1, 0.15) is 53.4 Å². The Balaban J connectivity index is 0.00000784. The van der Waals surface area contributed by atoms with E-state index in [0.29, 0.717) is 32.8 Å². The lowest BCUT2D eigenvalue weighted by molar-refractivity contribution is 0.0168. The highest BCUT2D eigenvalue weighted by molar-refractivity contribution is 14.0. The van der Waals surface area contributed by atoms with Crippen LogP contribution in [-0.4, -0.2) is 81.7 Å². The first kappa shape index (κ1) is 28.2. The second-order valence-corrected chi connectivity index (χ2v) is 7.96. The molecule has 172 valence electrons. The Bertz CT molecular complexity index is 466. The average Bonchev–Trinajstić information content (AvgIpc) is 3.14. The fourth-order valence-corrected chi connectivity index (χ4v) is 2.79. The van der Waals surface area contributed by atoms with E-state index < -0.39 is 5.60 Å². The van der Waals surface area contributed by atoms with Gasteiger partial charge in [-0.05, 0) is 46.5 Å². The Labute approximate surface area is 193 Å². The van der Waals surface area contributed by atoms with Crippen LogP contribution in [0.2, 0.25) is 0 Å². The van der Waals surface area contributed by atoms with E-state index in [1.807, 2.05) is 27.7 Å². The van der Waals surface area contributed by atoms with Crippen molar-refractivity contribution in [2.75, 3.05) is 53.0 Å². The zero-order valence-electron chi connectivity index (χ0n) is 18.8. The molecule has 0 radical (unpaired) electrons. The number of guanidine groups is 1. The third-order valence-corrected chi connectivity index (χ3v) is 4.13. The molecule has 1 aliphatic rings. The average molecular weight is 528 g/mol. The van der Waals surface area contributed by atoms with Crippen molar-refractivity contribution in [3.63, 3.8) is 0 Å². The minimum Gasteiger partial charge on any atom is -0.444 e. The molecule has 0 spiro atoms. The third-order valence-electron chi connectivity index (χ3n) is 4.13. The predicted molar refractivity (Wildman–Crippen MR) is 127 cm³/mol. The van der Waals surface area contributed by atoms with Gasteiger partial charge in [-0.15, -0.1) is 24.0 Å². The molecule has 0 bridgehead atoms. The molecule has 0 aromatic rings.